The van der Waals surface area contributed by atoms with Crippen LogP contribution in [0.3, 0.4) is 0 Å². The Morgan fingerprint density at radius 3 is 2.55 bits per heavy atom. The van der Waals surface area contributed by atoms with E-state index in [0.717, 1.165) is 40.2 Å². The van der Waals surface area contributed by atoms with Crippen LogP contribution >= 0.6 is 0 Å². The van der Waals surface area contributed by atoms with Crippen molar-refractivity contribution in [2.75, 3.05) is 32.2 Å². The van der Waals surface area contributed by atoms with E-state index < -0.39 is 6.10 Å². The summed E-state index contributed by atoms with van der Waals surface area (Å²) in [6.45, 7) is 1.11. The molecule has 5 rings (SSSR count). The van der Waals surface area contributed by atoms with Crippen LogP contribution in [0.4, 0.5) is 11.4 Å². The lowest BCUT2D eigenvalue weighted by atomic mass is 10.0. The Kier molecular flexibility index (Phi) is 9.03. The first-order chi connectivity index (χ1) is 20.4. The molecule has 0 spiro atoms. The normalized spacial score (nSPS) is 11.8. The molecule has 7 N–H and O–H groups in total. The summed E-state index contributed by atoms with van der Waals surface area (Å²) in [6, 6.07) is 28.0. The van der Waals surface area contributed by atoms with Crippen molar-refractivity contribution in [1.29, 1.82) is 0 Å². The van der Waals surface area contributed by atoms with Gasteiger partial charge in [0.05, 0.1) is 18.7 Å². The molecule has 0 fully saturated rings. The van der Waals surface area contributed by atoms with Crippen molar-refractivity contribution < 1.29 is 19.7 Å². The van der Waals surface area contributed by atoms with Gasteiger partial charge in [0.1, 0.15) is 24.0 Å². The third-order valence-corrected chi connectivity index (χ3v) is 7.03. The van der Waals surface area contributed by atoms with Gasteiger partial charge in [0.25, 0.3) is 0 Å². The lowest BCUT2D eigenvalue weighted by Gasteiger charge is -2.15. The second-order valence-corrected chi connectivity index (χ2v) is 9.83. The fourth-order valence-electron chi connectivity index (χ4n) is 4.91. The highest BCUT2D eigenvalue weighted by atomic mass is 16.5. The zero-order chi connectivity index (χ0) is 29.5. The molecule has 4 aromatic carbocycles. The summed E-state index contributed by atoms with van der Waals surface area (Å²) in [5, 5.41) is 28.2. The van der Waals surface area contributed by atoms with E-state index in [4.69, 9.17) is 15.2 Å². The molecule has 9 heteroatoms. The first-order valence-electron chi connectivity index (χ1n) is 13.7. The zero-order valence-corrected chi connectivity index (χ0v) is 23.3. The number of H-pyrrole nitrogens is 1. The molecule has 0 amide bonds. The second kappa shape index (κ2) is 13.2. The van der Waals surface area contributed by atoms with E-state index in [1.54, 1.807) is 19.2 Å². The number of aromatic hydroxyl groups is 1. The van der Waals surface area contributed by atoms with Crippen LogP contribution in [0.15, 0.2) is 95.8 Å². The molecular weight excluding hydrogens is 532 g/mol. The van der Waals surface area contributed by atoms with Crippen LogP contribution in [0.1, 0.15) is 17.2 Å². The number of anilines is 2. The van der Waals surface area contributed by atoms with Crippen LogP contribution < -0.4 is 31.4 Å². The lowest BCUT2D eigenvalue weighted by Crippen LogP contribution is -2.24. The van der Waals surface area contributed by atoms with Crippen LogP contribution in [0.2, 0.25) is 0 Å². The average molecular weight is 567 g/mol. The van der Waals surface area contributed by atoms with Gasteiger partial charge < -0.3 is 35.3 Å². The number of hydrogen-bond donors (Lipinski definition) is 6. The maximum absolute atomic E-state index is 11.6. The predicted molar refractivity (Wildman–Crippen MR) is 166 cm³/mol. The number of methoxy groups -OCH3 is 1. The number of phenolic OH excluding ortho intramolecular Hbond substituents is 1. The first kappa shape index (κ1) is 28.7. The minimum absolute atomic E-state index is 0.0276. The third kappa shape index (κ3) is 6.72. The van der Waals surface area contributed by atoms with Gasteiger partial charge in [-0.05, 0) is 84.3 Å². The number of ether oxygens (including phenoxy) is 2. The van der Waals surface area contributed by atoms with Gasteiger partial charge in [-0.15, -0.1) is 0 Å². The summed E-state index contributed by atoms with van der Waals surface area (Å²) in [5.41, 5.74) is 11.1. The minimum atomic E-state index is -0.796. The Hall–Kier alpha value is -4.83. The number of fused-ring (bicyclic) bond motifs is 1. The molecule has 0 saturated heterocycles. The van der Waals surface area contributed by atoms with Crippen molar-refractivity contribution in [3.05, 3.63) is 112 Å². The lowest BCUT2D eigenvalue weighted by molar-refractivity contribution is 0.176. The number of aromatic nitrogens is 1. The first-order valence-corrected chi connectivity index (χ1v) is 13.7. The van der Waals surface area contributed by atoms with E-state index in [2.05, 4.69) is 27.8 Å². The van der Waals surface area contributed by atoms with E-state index in [0.29, 0.717) is 35.3 Å². The molecule has 0 aliphatic carbocycles. The summed E-state index contributed by atoms with van der Waals surface area (Å²) in [7, 11) is 1.65. The summed E-state index contributed by atoms with van der Waals surface area (Å²) in [6.07, 6.45) is -0.0134. The van der Waals surface area contributed by atoms with Crippen molar-refractivity contribution in [2.45, 2.75) is 12.5 Å². The SMILES string of the molecule is COc1ccc(Nc2ccc(CCNC[C@H](O)c3ccc(O)c4[nH]c(=O)ccc34)cc2)cc1-c1cccc(OCN)c1. The van der Waals surface area contributed by atoms with Gasteiger partial charge >= 0.3 is 0 Å². The Morgan fingerprint density at radius 2 is 1.76 bits per heavy atom. The number of nitrogens with one attached hydrogen (secondary N) is 3. The Morgan fingerprint density at radius 1 is 0.952 bits per heavy atom. The standard InChI is InChI=1S/C33H34N4O5/c1-41-31-13-9-24(18-28(31)22-3-2-4-25(17-22)42-20-34)36-23-7-5-21(6-8-23)15-16-35-19-30(39)26-10-12-29(38)33-27(26)11-14-32(40)37-33/h2-14,17-18,30,35-36,38-39H,15-16,19-20,34H2,1H3,(H,37,40)/t30-/m0/s1. The van der Waals surface area contributed by atoms with Crippen LogP contribution in [0, 0.1) is 0 Å². The molecule has 0 aliphatic heterocycles. The maximum atomic E-state index is 11.6. The monoisotopic (exact) mass is 566 g/mol. The molecule has 0 radical (unpaired) electrons. The molecule has 0 unspecified atom stereocenters. The number of aromatic amines is 1. The quantitative estimate of drug-likeness (QED) is 0.0933. The summed E-state index contributed by atoms with van der Waals surface area (Å²) < 4.78 is 11.1. The summed E-state index contributed by atoms with van der Waals surface area (Å²) in [5.74, 6) is 1.42. The summed E-state index contributed by atoms with van der Waals surface area (Å²) >= 11 is 0. The fourth-order valence-corrected chi connectivity index (χ4v) is 4.91. The number of rotatable bonds is 12. The molecular formula is C33H34N4O5. The number of aliphatic hydroxyl groups is 1. The molecule has 5 aromatic rings. The van der Waals surface area contributed by atoms with Gasteiger partial charge in [-0.1, -0.05) is 30.3 Å². The highest BCUT2D eigenvalue weighted by Crippen LogP contribution is 2.35. The second-order valence-electron chi connectivity index (χ2n) is 9.83. The van der Waals surface area contributed by atoms with Crippen LogP contribution in [-0.2, 0) is 6.42 Å². The van der Waals surface area contributed by atoms with E-state index in [1.165, 1.54) is 12.1 Å². The minimum Gasteiger partial charge on any atom is -0.506 e. The molecule has 1 aromatic heterocycles. The third-order valence-electron chi connectivity index (χ3n) is 7.03. The van der Waals surface area contributed by atoms with E-state index >= 15 is 0 Å². The number of phenols is 1. The predicted octanol–water partition coefficient (Wildman–Crippen LogP) is 4.81. The molecule has 0 aliphatic rings. The Labute approximate surface area is 243 Å². The molecule has 216 valence electrons. The van der Waals surface area contributed by atoms with Crippen LogP contribution in [0.5, 0.6) is 17.2 Å². The van der Waals surface area contributed by atoms with Crippen LogP contribution in [-0.4, -0.2) is 42.1 Å². The van der Waals surface area contributed by atoms with Crippen molar-refractivity contribution in [1.82, 2.24) is 10.3 Å². The van der Waals surface area contributed by atoms with Gasteiger partial charge in [-0.2, -0.15) is 0 Å². The van der Waals surface area contributed by atoms with E-state index in [9.17, 15) is 15.0 Å². The number of hydrogen-bond acceptors (Lipinski definition) is 8. The van der Waals surface area contributed by atoms with Crippen molar-refractivity contribution in [3.8, 4) is 28.4 Å². The van der Waals surface area contributed by atoms with Crippen LogP contribution in [0.25, 0.3) is 22.0 Å². The highest BCUT2D eigenvalue weighted by molar-refractivity contribution is 5.87. The van der Waals surface area contributed by atoms with Crippen molar-refractivity contribution in [3.63, 3.8) is 0 Å². The Bertz CT molecular complexity index is 1720. The Balaban J connectivity index is 1.17. The van der Waals surface area contributed by atoms with Crippen molar-refractivity contribution in [2.24, 2.45) is 5.73 Å². The van der Waals surface area contributed by atoms with E-state index in [-0.39, 0.29) is 18.0 Å². The molecule has 9 nitrogen and oxygen atoms in total. The molecule has 1 atom stereocenters. The topological polar surface area (TPSA) is 142 Å². The van der Waals surface area contributed by atoms with Crippen molar-refractivity contribution >= 4 is 22.3 Å². The molecule has 1 heterocycles. The smallest absolute Gasteiger partial charge is 0.248 e. The van der Waals surface area contributed by atoms with E-state index in [1.807, 2.05) is 54.6 Å². The maximum Gasteiger partial charge on any atom is 0.248 e. The molecule has 42 heavy (non-hydrogen) atoms. The number of aliphatic hydroxyl groups excluding tert-OH is 1. The zero-order valence-electron chi connectivity index (χ0n) is 23.3. The summed E-state index contributed by atoms with van der Waals surface area (Å²) in [4.78, 5) is 14.3. The highest BCUT2D eigenvalue weighted by Gasteiger charge is 2.14. The van der Waals surface area contributed by atoms with Gasteiger partial charge in [-0.25, -0.2) is 0 Å². The fraction of sp³-hybridized carbons (Fsp3) is 0.182. The average Bonchev–Trinajstić information content (AvgIpc) is 3.01. The van der Waals surface area contributed by atoms with Gasteiger partial charge in [0, 0.05) is 34.9 Å². The van der Waals surface area contributed by atoms with Gasteiger partial charge in [-0.3, -0.25) is 10.5 Å². The van der Waals surface area contributed by atoms with Gasteiger partial charge in [0.2, 0.25) is 5.56 Å². The number of pyridine rings is 1. The largest absolute Gasteiger partial charge is 0.506 e. The molecule has 0 saturated carbocycles. The molecule has 0 bridgehead atoms. The number of nitrogens with two attached hydrogens (primary N) is 1. The number of benzene rings is 4. The van der Waals surface area contributed by atoms with Gasteiger partial charge in [0.15, 0.2) is 0 Å².